The zero-order chi connectivity index (χ0) is 10.7. The molecule has 2 rings (SSSR count). The molecule has 82 valence electrons. The van der Waals surface area contributed by atoms with Crippen molar-refractivity contribution in [2.24, 2.45) is 0 Å². The molecule has 0 aliphatic carbocycles. The summed E-state index contributed by atoms with van der Waals surface area (Å²) in [5.74, 6) is 0. The Hall–Kier alpha value is -0.570. The third-order valence-electron chi connectivity index (χ3n) is 2.73. The predicted molar refractivity (Wildman–Crippen MR) is 64.4 cm³/mol. The second kappa shape index (κ2) is 4.97. The number of nitrogens with one attached hydrogen (secondary N) is 2. The number of rotatable bonds is 4. The SMILES string of the molecule is CC(Cc1cccc(Cl)c1)NC1CNC1. The van der Waals surface area contributed by atoms with Crippen molar-refractivity contribution in [3.8, 4) is 0 Å². The monoisotopic (exact) mass is 224 g/mol. The molecule has 2 nitrogen and oxygen atoms in total. The van der Waals surface area contributed by atoms with Crippen LogP contribution in [-0.4, -0.2) is 25.2 Å². The van der Waals surface area contributed by atoms with Crippen LogP contribution in [0.3, 0.4) is 0 Å². The lowest BCUT2D eigenvalue weighted by molar-refractivity contribution is 0.334. The predicted octanol–water partition coefficient (Wildman–Crippen LogP) is 1.83. The molecule has 0 bridgehead atoms. The minimum Gasteiger partial charge on any atom is -0.314 e. The van der Waals surface area contributed by atoms with Crippen LogP contribution in [0.2, 0.25) is 5.02 Å². The molecule has 0 saturated carbocycles. The molecule has 0 radical (unpaired) electrons. The summed E-state index contributed by atoms with van der Waals surface area (Å²) in [6.07, 6.45) is 1.04. The van der Waals surface area contributed by atoms with Gasteiger partial charge in [-0.2, -0.15) is 0 Å². The van der Waals surface area contributed by atoms with E-state index in [1.165, 1.54) is 5.56 Å². The van der Waals surface area contributed by atoms with Gasteiger partial charge in [0, 0.05) is 30.2 Å². The second-order valence-electron chi connectivity index (χ2n) is 4.26. The number of hydrogen-bond acceptors (Lipinski definition) is 2. The number of halogens is 1. The minimum atomic E-state index is 0.510. The minimum absolute atomic E-state index is 0.510. The van der Waals surface area contributed by atoms with Gasteiger partial charge in [-0.3, -0.25) is 0 Å². The van der Waals surface area contributed by atoms with E-state index in [1.54, 1.807) is 0 Å². The summed E-state index contributed by atoms with van der Waals surface area (Å²) in [4.78, 5) is 0. The van der Waals surface area contributed by atoms with Gasteiger partial charge >= 0.3 is 0 Å². The first-order valence-corrected chi connectivity index (χ1v) is 5.83. The molecular weight excluding hydrogens is 208 g/mol. The van der Waals surface area contributed by atoms with E-state index >= 15 is 0 Å². The normalized spacial score (nSPS) is 18.5. The molecule has 1 aliphatic rings. The summed E-state index contributed by atoms with van der Waals surface area (Å²) in [5.41, 5.74) is 1.30. The summed E-state index contributed by atoms with van der Waals surface area (Å²) >= 11 is 5.94. The fraction of sp³-hybridized carbons (Fsp3) is 0.500. The van der Waals surface area contributed by atoms with Gasteiger partial charge in [0.15, 0.2) is 0 Å². The molecule has 1 aromatic carbocycles. The van der Waals surface area contributed by atoms with Gasteiger partial charge in [-0.15, -0.1) is 0 Å². The molecule has 2 N–H and O–H groups in total. The van der Waals surface area contributed by atoms with Gasteiger partial charge in [-0.25, -0.2) is 0 Å². The molecule has 1 fully saturated rings. The van der Waals surface area contributed by atoms with Crippen molar-refractivity contribution in [3.63, 3.8) is 0 Å². The molecule has 1 aromatic rings. The molecule has 0 spiro atoms. The summed E-state index contributed by atoms with van der Waals surface area (Å²) < 4.78 is 0. The summed E-state index contributed by atoms with van der Waals surface area (Å²) in [6, 6.07) is 9.26. The van der Waals surface area contributed by atoms with Crippen molar-refractivity contribution in [3.05, 3.63) is 34.9 Å². The number of hydrogen-bond donors (Lipinski definition) is 2. The highest BCUT2D eigenvalue weighted by atomic mass is 35.5. The Morgan fingerprint density at radius 1 is 1.53 bits per heavy atom. The fourth-order valence-corrected chi connectivity index (χ4v) is 2.10. The van der Waals surface area contributed by atoms with Crippen LogP contribution in [0.5, 0.6) is 0 Å². The molecule has 1 saturated heterocycles. The van der Waals surface area contributed by atoms with Gasteiger partial charge in [0.1, 0.15) is 0 Å². The maximum Gasteiger partial charge on any atom is 0.0408 e. The van der Waals surface area contributed by atoms with E-state index in [9.17, 15) is 0 Å². The maximum atomic E-state index is 5.94. The topological polar surface area (TPSA) is 24.1 Å². The third kappa shape index (κ3) is 3.20. The van der Waals surface area contributed by atoms with Crippen molar-refractivity contribution < 1.29 is 0 Å². The van der Waals surface area contributed by atoms with Crippen molar-refractivity contribution in [1.82, 2.24) is 10.6 Å². The van der Waals surface area contributed by atoms with Crippen molar-refractivity contribution in [2.45, 2.75) is 25.4 Å². The van der Waals surface area contributed by atoms with Crippen LogP contribution in [-0.2, 0) is 6.42 Å². The average molecular weight is 225 g/mol. The van der Waals surface area contributed by atoms with Crippen molar-refractivity contribution >= 4 is 11.6 Å². The zero-order valence-corrected chi connectivity index (χ0v) is 9.72. The highest BCUT2D eigenvalue weighted by molar-refractivity contribution is 6.30. The van der Waals surface area contributed by atoms with Crippen LogP contribution in [0.1, 0.15) is 12.5 Å². The highest BCUT2D eigenvalue weighted by Crippen LogP contribution is 2.12. The van der Waals surface area contributed by atoms with Gasteiger partial charge in [0.25, 0.3) is 0 Å². The van der Waals surface area contributed by atoms with E-state index < -0.39 is 0 Å². The molecule has 1 atom stereocenters. The van der Waals surface area contributed by atoms with Crippen LogP contribution in [0.4, 0.5) is 0 Å². The lowest BCUT2D eigenvalue weighted by atomic mass is 10.1. The molecule has 1 unspecified atom stereocenters. The van der Waals surface area contributed by atoms with Crippen molar-refractivity contribution in [1.29, 1.82) is 0 Å². The van der Waals surface area contributed by atoms with Crippen LogP contribution < -0.4 is 10.6 Å². The van der Waals surface area contributed by atoms with E-state index in [2.05, 4.69) is 23.6 Å². The van der Waals surface area contributed by atoms with Crippen LogP contribution in [0.15, 0.2) is 24.3 Å². The number of benzene rings is 1. The first kappa shape index (κ1) is 10.9. The van der Waals surface area contributed by atoms with E-state index in [1.807, 2.05) is 18.2 Å². The van der Waals surface area contributed by atoms with E-state index in [4.69, 9.17) is 11.6 Å². The van der Waals surface area contributed by atoms with Gasteiger partial charge in [-0.05, 0) is 31.0 Å². The maximum absolute atomic E-state index is 5.94. The smallest absolute Gasteiger partial charge is 0.0408 e. The van der Waals surface area contributed by atoms with Crippen LogP contribution in [0, 0.1) is 0 Å². The van der Waals surface area contributed by atoms with Gasteiger partial charge < -0.3 is 10.6 Å². The first-order valence-electron chi connectivity index (χ1n) is 5.45. The summed E-state index contributed by atoms with van der Waals surface area (Å²) in [7, 11) is 0. The van der Waals surface area contributed by atoms with Crippen molar-refractivity contribution in [2.75, 3.05) is 13.1 Å². The lowest BCUT2D eigenvalue weighted by Gasteiger charge is -2.31. The first-order chi connectivity index (χ1) is 7.24. The Morgan fingerprint density at radius 3 is 2.93 bits per heavy atom. The van der Waals surface area contributed by atoms with Crippen LogP contribution >= 0.6 is 11.6 Å². The highest BCUT2D eigenvalue weighted by Gasteiger charge is 2.18. The average Bonchev–Trinajstić information content (AvgIpc) is 2.11. The largest absolute Gasteiger partial charge is 0.314 e. The van der Waals surface area contributed by atoms with Gasteiger partial charge in [0.05, 0.1) is 0 Å². The molecule has 0 amide bonds. The summed E-state index contributed by atoms with van der Waals surface area (Å²) in [6.45, 7) is 4.42. The van der Waals surface area contributed by atoms with Gasteiger partial charge in [0.2, 0.25) is 0 Å². The van der Waals surface area contributed by atoms with E-state index in [0.29, 0.717) is 12.1 Å². The lowest BCUT2D eigenvalue weighted by Crippen LogP contribution is -2.57. The Balaban J connectivity index is 1.84. The quantitative estimate of drug-likeness (QED) is 0.816. The van der Waals surface area contributed by atoms with Gasteiger partial charge in [-0.1, -0.05) is 23.7 Å². The van der Waals surface area contributed by atoms with E-state index in [0.717, 1.165) is 24.5 Å². The van der Waals surface area contributed by atoms with Crippen LogP contribution in [0.25, 0.3) is 0 Å². The zero-order valence-electron chi connectivity index (χ0n) is 8.96. The third-order valence-corrected chi connectivity index (χ3v) is 2.97. The molecule has 15 heavy (non-hydrogen) atoms. The second-order valence-corrected chi connectivity index (χ2v) is 4.69. The Bertz CT molecular complexity index is 323. The Kier molecular flexibility index (Phi) is 3.62. The van der Waals surface area contributed by atoms with E-state index in [-0.39, 0.29) is 0 Å². The fourth-order valence-electron chi connectivity index (χ4n) is 1.89. The Morgan fingerprint density at radius 2 is 2.33 bits per heavy atom. The molecular formula is C12H17ClN2. The molecule has 3 heteroatoms. The summed E-state index contributed by atoms with van der Waals surface area (Å²) in [5, 5.41) is 7.66. The molecule has 1 heterocycles. The Labute approximate surface area is 96.0 Å². The molecule has 0 aromatic heterocycles. The standard InChI is InChI=1S/C12H17ClN2/c1-9(15-12-7-14-8-12)5-10-3-2-4-11(13)6-10/h2-4,6,9,12,14-15H,5,7-8H2,1H3. The molecule has 1 aliphatic heterocycles.